The van der Waals surface area contributed by atoms with Gasteiger partial charge in [-0.05, 0) is 24.5 Å². The number of ether oxygens (including phenoxy) is 2. The van der Waals surface area contributed by atoms with Crippen molar-refractivity contribution in [3.8, 4) is 5.88 Å². The van der Waals surface area contributed by atoms with Gasteiger partial charge in [0, 0.05) is 43.8 Å². The highest BCUT2D eigenvalue weighted by molar-refractivity contribution is 5.94. The molecule has 1 amide bonds. The highest BCUT2D eigenvalue weighted by atomic mass is 16.5. The second-order valence-corrected chi connectivity index (χ2v) is 7.67. The summed E-state index contributed by atoms with van der Waals surface area (Å²) in [7, 11) is 1.54. The molecular formula is C22H26N2O4. The quantitative estimate of drug-likeness (QED) is 0.884. The zero-order valence-electron chi connectivity index (χ0n) is 16.1. The summed E-state index contributed by atoms with van der Waals surface area (Å²) in [6.07, 6.45) is 3.79. The Bertz CT molecular complexity index is 818. The monoisotopic (exact) mass is 382 g/mol. The van der Waals surface area contributed by atoms with E-state index in [2.05, 4.69) is 4.98 Å². The number of aliphatic hydroxyl groups is 1. The molecule has 0 saturated carbocycles. The first-order valence-corrected chi connectivity index (χ1v) is 9.79. The summed E-state index contributed by atoms with van der Waals surface area (Å²) in [4.78, 5) is 18.7. The Labute approximate surface area is 165 Å². The van der Waals surface area contributed by atoms with E-state index in [1.54, 1.807) is 18.3 Å². The van der Waals surface area contributed by atoms with Crippen molar-refractivity contribution >= 4 is 5.91 Å². The van der Waals surface area contributed by atoms with Crippen LogP contribution < -0.4 is 4.74 Å². The number of pyridine rings is 1. The molecule has 6 nitrogen and oxygen atoms in total. The third-order valence-corrected chi connectivity index (χ3v) is 5.81. The van der Waals surface area contributed by atoms with Crippen molar-refractivity contribution in [2.75, 3.05) is 20.2 Å². The number of hydrogen-bond donors (Lipinski definition) is 1. The summed E-state index contributed by atoms with van der Waals surface area (Å²) in [5.41, 5.74) is 1.31. The number of rotatable bonds is 3. The van der Waals surface area contributed by atoms with Crippen LogP contribution in [0.4, 0.5) is 0 Å². The summed E-state index contributed by atoms with van der Waals surface area (Å²) >= 11 is 0. The van der Waals surface area contributed by atoms with Crippen molar-refractivity contribution in [1.82, 2.24) is 9.88 Å². The molecule has 0 radical (unpaired) electrons. The lowest BCUT2D eigenvalue weighted by Crippen LogP contribution is -2.52. The van der Waals surface area contributed by atoms with Crippen LogP contribution in [0.15, 0.2) is 48.7 Å². The normalized spacial score (nSPS) is 24.1. The summed E-state index contributed by atoms with van der Waals surface area (Å²) in [6.45, 7) is 1.22. The highest BCUT2D eigenvalue weighted by Gasteiger charge is 2.44. The van der Waals surface area contributed by atoms with Gasteiger partial charge >= 0.3 is 0 Å². The average molecular weight is 382 g/mol. The van der Waals surface area contributed by atoms with E-state index in [1.807, 2.05) is 35.2 Å². The molecule has 2 aliphatic heterocycles. The molecular weight excluding hydrogens is 356 g/mol. The topological polar surface area (TPSA) is 71.9 Å². The first-order chi connectivity index (χ1) is 13.6. The molecule has 0 bridgehead atoms. The van der Waals surface area contributed by atoms with E-state index in [0.717, 1.165) is 18.4 Å². The van der Waals surface area contributed by atoms with E-state index in [0.29, 0.717) is 37.4 Å². The van der Waals surface area contributed by atoms with Crippen LogP contribution in [0.2, 0.25) is 0 Å². The minimum Gasteiger partial charge on any atom is -0.481 e. The van der Waals surface area contributed by atoms with Gasteiger partial charge in [0.1, 0.15) is 0 Å². The molecule has 1 aromatic heterocycles. The number of benzene rings is 1. The van der Waals surface area contributed by atoms with Crippen LogP contribution in [0.25, 0.3) is 0 Å². The summed E-state index contributed by atoms with van der Waals surface area (Å²) in [5.74, 6) is 0.412. The maximum atomic E-state index is 12.8. The van der Waals surface area contributed by atoms with E-state index in [9.17, 15) is 9.90 Å². The third kappa shape index (κ3) is 3.88. The number of methoxy groups -OCH3 is 1. The smallest absolute Gasteiger partial charge is 0.254 e. The van der Waals surface area contributed by atoms with Gasteiger partial charge in [-0.1, -0.05) is 30.3 Å². The van der Waals surface area contributed by atoms with Crippen LogP contribution >= 0.6 is 0 Å². The molecule has 2 atom stereocenters. The Kier molecular flexibility index (Phi) is 5.33. The Morgan fingerprint density at radius 1 is 1.25 bits per heavy atom. The van der Waals surface area contributed by atoms with Crippen LogP contribution in [0, 0.1) is 0 Å². The SMILES string of the molecule is COc1cc(C(=O)N2CCC3(CC2)C[C@@H](O)C[C@H](c2ccccc2)O3)ccn1. The Hall–Kier alpha value is -2.44. The van der Waals surface area contributed by atoms with E-state index in [4.69, 9.17) is 9.47 Å². The fourth-order valence-corrected chi connectivity index (χ4v) is 4.31. The van der Waals surface area contributed by atoms with E-state index < -0.39 is 0 Å². The largest absolute Gasteiger partial charge is 0.481 e. The minimum absolute atomic E-state index is 0.0217. The van der Waals surface area contributed by atoms with Crippen molar-refractivity contribution in [3.63, 3.8) is 0 Å². The lowest BCUT2D eigenvalue weighted by atomic mass is 9.81. The number of carbonyl (C=O) groups excluding carboxylic acids is 1. The number of likely N-dealkylation sites (tertiary alicyclic amines) is 1. The molecule has 2 aliphatic rings. The third-order valence-electron chi connectivity index (χ3n) is 5.81. The van der Waals surface area contributed by atoms with Gasteiger partial charge in [0.25, 0.3) is 5.91 Å². The van der Waals surface area contributed by atoms with Crippen molar-refractivity contribution in [2.24, 2.45) is 0 Å². The predicted molar refractivity (Wildman–Crippen MR) is 104 cm³/mol. The summed E-state index contributed by atoms with van der Waals surface area (Å²) < 4.78 is 11.6. The number of aromatic nitrogens is 1. The highest BCUT2D eigenvalue weighted by Crippen LogP contribution is 2.43. The predicted octanol–water partition coefficient (Wildman–Crippen LogP) is 2.98. The van der Waals surface area contributed by atoms with Gasteiger partial charge in [-0.25, -0.2) is 4.98 Å². The van der Waals surface area contributed by atoms with Crippen molar-refractivity contribution in [1.29, 1.82) is 0 Å². The maximum absolute atomic E-state index is 12.8. The number of carbonyl (C=O) groups is 1. The zero-order chi connectivity index (χ0) is 19.6. The van der Waals surface area contributed by atoms with Crippen LogP contribution in [0.3, 0.4) is 0 Å². The molecule has 2 fully saturated rings. The molecule has 148 valence electrons. The molecule has 2 aromatic rings. The lowest BCUT2D eigenvalue weighted by Gasteiger charge is -2.48. The van der Waals surface area contributed by atoms with Gasteiger partial charge in [-0.2, -0.15) is 0 Å². The average Bonchev–Trinajstić information content (AvgIpc) is 2.74. The molecule has 2 saturated heterocycles. The van der Waals surface area contributed by atoms with E-state index in [-0.39, 0.29) is 23.7 Å². The van der Waals surface area contributed by atoms with Gasteiger partial charge < -0.3 is 19.5 Å². The summed E-state index contributed by atoms with van der Waals surface area (Å²) in [6, 6.07) is 13.4. The first kappa shape index (κ1) is 18.9. The molecule has 6 heteroatoms. The van der Waals surface area contributed by atoms with Crippen LogP contribution in [-0.4, -0.2) is 52.8 Å². The van der Waals surface area contributed by atoms with E-state index >= 15 is 0 Å². The molecule has 3 heterocycles. The molecule has 1 aromatic carbocycles. The Morgan fingerprint density at radius 3 is 2.71 bits per heavy atom. The van der Waals surface area contributed by atoms with Gasteiger partial charge in [0.15, 0.2) is 0 Å². The van der Waals surface area contributed by atoms with Gasteiger partial charge in [-0.15, -0.1) is 0 Å². The first-order valence-electron chi connectivity index (χ1n) is 9.79. The summed E-state index contributed by atoms with van der Waals surface area (Å²) in [5, 5.41) is 10.5. The van der Waals surface area contributed by atoms with Crippen molar-refractivity contribution in [3.05, 3.63) is 59.8 Å². The number of aliphatic hydroxyl groups excluding tert-OH is 1. The fourth-order valence-electron chi connectivity index (χ4n) is 4.31. The van der Waals surface area contributed by atoms with Gasteiger partial charge in [0.2, 0.25) is 5.88 Å². The van der Waals surface area contributed by atoms with Crippen molar-refractivity contribution in [2.45, 2.75) is 43.5 Å². The second-order valence-electron chi connectivity index (χ2n) is 7.67. The Morgan fingerprint density at radius 2 is 2.00 bits per heavy atom. The van der Waals surface area contributed by atoms with E-state index in [1.165, 1.54) is 7.11 Å². The molecule has 1 N–H and O–H groups in total. The molecule has 1 spiro atoms. The van der Waals surface area contributed by atoms with Crippen molar-refractivity contribution < 1.29 is 19.4 Å². The zero-order valence-corrected chi connectivity index (χ0v) is 16.1. The lowest BCUT2D eigenvalue weighted by molar-refractivity contribution is -0.181. The number of piperidine rings is 1. The van der Waals surface area contributed by atoms with Gasteiger partial charge in [0.05, 0.1) is 24.9 Å². The van der Waals surface area contributed by atoms with Gasteiger partial charge in [-0.3, -0.25) is 4.79 Å². The molecule has 0 aliphatic carbocycles. The van der Waals surface area contributed by atoms with Crippen LogP contribution in [0.5, 0.6) is 5.88 Å². The minimum atomic E-state index is -0.384. The number of hydrogen-bond acceptors (Lipinski definition) is 5. The maximum Gasteiger partial charge on any atom is 0.254 e. The second kappa shape index (κ2) is 7.89. The van der Waals surface area contributed by atoms with Crippen LogP contribution in [-0.2, 0) is 4.74 Å². The standard InChI is InChI=1S/C22H26N2O4/c1-27-20-13-17(7-10-23-20)21(26)24-11-8-22(9-12-24)15-18(25)14-19(28-22)16-5-3-2-4-6-16/h2-7,10,13,18-19,25H,8-9,11-12,14-15H2,1H3/t18-,19+/m0/s1. The number of amides is 1. The van der Waals surface area contributed by atoms with Crippen LogP contribution in [0.1, 0.15) is 47.7 Å². The molecule has 4 rings (SSSR count). The molecule has 0 unspecified atom stereocenters. The Balaban J connectivity index is 1.44. The molecule has 28 heavy (non-hydrogen) atoms. The fraction of sp³-hybridized carbons (Fsp3) is 0.455. The number of nitrogens with zero attached hydrogens (tertiary/aromatic N) is 2.